The van der Waals surface area contributed by atoms with Crippen LogP contribution in [0.5, 0.6) is 0 Å². The van der Waals surface area contributed by atoms with Gasteiger partial charge >= 0.3 is 125 Å². The van der Waals surface area contributed by atoms with Gasteiger partial charge in [-0.3, -0.25) is 0 Å². The van der Waals surface area contributed by atoms with Crippen LogP contribution in [0, 0.1) is 41.5 Å². The van der Waals surface area contributed by atoms with E-state index < -0.39 is 17.1 Å². The van der Waals surface area contributed by atoms with E-state index in [2.05, 4.69) is 65.8 Å². The monoisotopic (exact) mass is 302 g/mol. The Morgan fingerprint density at radius 2 is 0.789 bits per heavy atom. The van der Waals surface area contributed by atoms with E-state index >= 15 is 0 Å². The normalized spacial score (nSPS) is 10.4. The number of benzene rings is 2. The Morgan fingerprint density at radius 3 is 1.05 bits per heavy atom. The van der Waals surface area contributed by atoms with Gasteiger partial charge in [0.25, 0.3) is 0 Å². The molecule has 0 atom stereocenters. The zero-order chi connectivity index (χ0) is 14.2. The van der Waals surface area contributed by atoms with Gasteiger partial charge in [0.15, 0.2) is 0 Å². The number of rotatable bonds is 2. The van der Waals surface area contributed by atoms with Crippen LogP contribution in [0.25, 0.3) is 0 Å². The molecule has 0 unspecified atom stereocenters. The molecule has 0 radical (unpaired) electrons. The molecular weight excluding hydrogens is 282 g/mol. The second kappa shape index (κ2) is 5.59. The van der Waals surface area contributed by atoms with Crippen LogP contribution < -0.4 is 8.32 Å². The Kier molecular flexibility index (Phi) is 4.26. The zero-order valence-electron chi connectivity index (χ0n) is 13.0. The van der Waals surface area contributed by atoms with Gasteiger partial charge in [-0.1, -0.05) is 0 Å². The van der Waals surface area contributed by atoms with Gasteiger partial charge in [0.1, 0.15) is 0 Å². The molecule has 2 rings (SSSR count). The predicted molar refractivity (Wildman–Crippen MR) is 80.6 cm³/mol. The maximum atomic E-state index is 2.34. The van der Waals surface area contributed by atoms with E-state index in [1.807, 2.05) is 0 Å². The van der Waals surface area contributed by atoms with Crippen molar-refractivity contribution in [3.8, 4) is 0 Å². The van der Waals surface area contributed by atoms with E-state index in [-0.39, 0.29) is 0 Å². The van der Waals surface area contributed by atoms with Crippen molar-refractivity contribution < 1.29 is 17.1 Å². The van der Waals surface area contributed by atoms with Crippen molar-refractivity contribution in [3.05, 3.63) is 57.6 Å². The number of aryl methyl sites for hydroxylation is 6. The van der Waals surface area contributed by atoms with E-state index in [9.17, 15) is 0 Å². The zero-order valence-corrected chi connectivity index (χ0v) is 16.0. The van der Waals surface area contributed by atoms with Crippen LogP contribution in [-0.4, -0.2) is 0 Å². The van der Waals surface area contributed by atoms with Crippen LogP contribution in [0.2, 0.25) is 0 Å². The van der Waals surface area contributed by atoms with Gasteiger partial charge in [-0.15, -0.1) is 0 Å². The average molecular weight is 304 g/mol. The van der Waals surface area contributed by atoms with Crippen molar-refractivity contribution in [1.82, 2.24) is 0 Å². The Morgan fingerprint density at radius 1 is 0.526 bits per heavy atom. The van der Waals surface area contributed by atoms with Gasteiger partial charge in [0.2, 0.25) is 0 Å². The van der Waals surface area contributed by atoms with Gasteiger partial charge in [-0.05, 0) is 0 Å². The molecule has 0 N–H and O–H groups in total. The van der Waals surface area contributed by atoms with Crippen molar-refractivity contribution in [1.29, 1.82) is 0 Å². The Hall–Kier alpha value is -0.937. The number of hydrogen-bond donors (Lipinski definition) is 0. The molecule has 0 nitrogen and oxygen atoms in total. The van der Waals surface area contributed by atoms with Gasteiger partial charge in [-0.2, -0.15) is 0 Å². The summed E-state index contributed by atoms with van der Waals surface area (Å²) in [4.78, 5) is 0. The molecule has 0 bridgehead atoms. The first kappa shape index (κ1) is 14.5. The van der Waals surface area contributed by atoms with Crippen LogP contribution >= 0.6 is 0 Å². The van der Waals surface area contributed by atoms with Gasteiger partial charge in [0.05, 0.1) is 0 Å². The van der Waals surface area contributed by atoms with Crippen LogP contribution in [0.4, 0.5) is 0 Å². The van der Waals surface area contributed by atoms with E-state index in [4.69, 9.17) is 0 Å². The molecule has 19 heavy (non-hydrogen) atoms. The summed E-state index contributed by atoms with van der Waals surface area (Å²) in [5.74, 6) is 0. The molecule has 0 fully saturated rings. The summed E-state index contributed by atoms with van der Waals surface area (Å²) < 4.78 is 3.35. The maximum absolute atomic E-state index is 2.34. The molecule has 0 saturated heterocycles. The molecule has 2 aromatic carbocycles. The topological polar surface area (TPSA) is 0 Å². The molecule has 0 spiro atoms. The minimum atomic E-state index is -0.884. The summed E-state index contributed by atoms with van der Waals surface area (Å²) in [6, 6.07) is 9.36. The number of hydrogen-bond acceptors (Lipinski definition) is 0. The third-order valence-corrected chi connectivity index (χ3v) is 10.2. The Bertz CT molecular complexity index is 522. The summed E-state index contributed by atoms with van der Waals surface area (Å²) in [6.45, 7) is 13.5. The molecule has 0 saturated carbocycles. The van der Waals surface area contributed by atoms with Gasteiger partial charge < -0.3 is 0 Å². The Labute approximate surface area is 124 Å². The van der Waals surface area contributed by atoms with Crippen molar-refractivity contribution in [2.75, 3.05) is 0 Å². The molecule has 1 heteroatoms. The van der Waals surface area contributed by atoms with Crippen LogP contribution in [-0.2, 0) is 17.1 Å². The van der Waals surface area contributed by atoms with Crippen molar-refractivity contribution in [2.24, 2.45) is 0 Å². The van der Waals surface area contributed by atoms with Gasteiger partial charge in [-0.25, -0.2) is 0 Å². The first-order valence-corrected chi connectivity index (χ1v) is 9.98. The minimum absolute atomic E-state index is 0.884. The molecule has 0 amide bonds. The SMILES string of the molecule is Cc1cc(C)[c]([Zn][c]2c(C)cc(C)cc2C)c(C)c1. The fraction of sp³-hybridized carbons (Fsp3) is 0.333. The molecule has 96 valence electrons. The summed E-state index contributed by atoms with van der Waals surface area (Å²) >= 11 is -0.884. The van der Waals surface area contributed by atoms with E-state index in [1.165, 1.54) is 33.4 Å². The van der Waals surface area contributed by atoms with Crippen LogP contribution in [0.3, 0.4) is 0 Å². The summed E-state index contributed by atoms with van der Waals surface area (Å²) in [5, 5.41) is 0. The fourth-order valence-electron chi connectivity index (χ4n) is 3.15. The Balaban J connectivity index is 2.48. The molecule has 0 aromatic heterocycles. The predicted octanol–water partition coefficient (Wildman–Crippen LogP) is 3.57. The molecule has 0 aliphatic heterocycles. The van der Waals surface area contributed by atoms with Crippen LogP contribution in [0.15, 0.2) is 24.3 Å². The molecular formula is C18H22Zn. The van der Waals surface area contributed by atoms with E-state index in [0.29, 0.717) is 0 Å². The molecule has 2 aromatic rings. The third kappa shape index (κ3) is 3.15. The van der Waals surface area contributed by atoms with Crippen molar-refractivity contribution >= 4 is 8.32 Å². The third-order valence-electron chi connectivity index (χ3n) is 4.03. The average Bonchev–Trinajstić information content (AvgIpc) is 2.25. The molecule has 0 heterocycles. The first-order valence-electron chi connectivity index (χ1n) is 7.02. The van der Waals surface area contributed by atoms with Crippen molar-refractivity contribution in [3.63, 3.8) is 0 Å². The van der Waals surface area contributed by atoms with Crippen LogP contribution in [0.1, 0.15) is 33.4 Å². The quantitative estimate of drug-likeness (QED) is 0.744. The molecule has 0 aliphatic rings. The second-order valence-electron chi connectivity index (χ2n) is 5.93. The first-order chi connectivity index (χ1) is 8.88. The summed E-state index contributed by atoms with van der Waals surface area (Å²) in [7, 11) is 0. The van der Waals surface area contributed by atoms with E-state index in [0.717, 1.165) is 0 Å². The van der Waals surface area contributed by atoms with Gasteiger partial charge in [0, 0.05) is 0 Å². The van der Waals surface area contributed by atoms with Crippen molar-refractivity contribution in [2.45, 2.75) is 41.5 Å². The fourth-order valence-corrected chi connectivity index (χ4v) is 7.09. The molecule has 0 aliphatic carbocycles. The summed E-state index contributed by atoms with van der Waals surface area (Å²) in [5.41, 5.74) is 8.76. The summed E-state index contributed by atoms with van der Waals surface area (Å²) in [6.07, 6.45) is 0. The standard InChI is InChI=1S/2C9H11.Zn/c2*1-7-4-8(2)6-9(3)5-7;/h2*4-5H,1-3H3;. The second-order valence-corrected chi connectivity index (χ2v) is 9.64. The van der Waals surface area contributed by atoms with E-state index in [1.54, 1.807) is 8.32 Å².